The molecule has 3 aromatic heterocycles. The number of anilines is 1. The summed E-state index contributed by atoms with van der Waals surface area (Å²) in [5.41, 5.74) is 2.53. The molecule has 0 aromatic carbocycles. The van der Waals surface area contributed by atoms with E-state index in [4.69, 9.17) is 4.98 Å². The van der Waals surface area contributed by atoms with E-state index >= 15 is 0 Å². The molecule has 0 radical (unpaired) electrons. The number of nitrogens with zero attached hydrogens (tertiary/aromatic N) is 6. The molecule has 3 aromatic rings. The Balaban J connectivity index is 1.92. The van der Waals surface area contributed by atoms with Crippen molar-refractivity contribution < 1.29 is 4.79 Å². The Hall–Kier alpha value is -2.45. The van der Waals surface area contributed by atoms with E-state index < -0.39 is 0 Å². The Morgan fingerprint density at radius 1 is 1.18 bits per heavy atom. The average Bonchev–Trinajstić information content (AvgIpc) is 3.31. The number of thiazole rings is 1. The third kappa shape index (κ3) is 4.34. The van der Waals surface area contributed by atoms with E-state index in [2.05, 4.69) is 21.7 Å². The highest BCUT2D eigenvalue weighted by Gasteiger charge is 2.19. The zero-order chi connectivity index (χ0) is 20.3. The van der Waals surface area contributed by atoms with Crippen LogP contribution in [0.2, 0.25) is 0 Å². The number of fused-ring (bicyclic) bond motifs is 1. The van der Waals surface area contributed by atoms with Crippen molar-refractivity contribution in [1.82, 2.24) is 24.2 Å². The second-order valence-electron chi connectivity index (χ2n) is 7.19. The number of aryl methyl sites for hydroxylation is 1. The number of hydrogen-bond donors (Lipinski definition) is 0. The Morgan fingerprint density at radius 2 is 1.96 bits per heavy atom. The van der Waals surface area contributed by atoms with Crippen LogP contribution in [0.3, 0.4) is 0 Å². The lowest BCUT2D eigenvalue weighted by atomic mass is 10.2. The Bertz CT molecular complexity index is 934. The van der Waals surface area contributed by atoms with E-state index in [1.165, 1.54) is 0 Å². The predicted octanol–water partition coefficient (Wildman–Crippen LogP) is 2.62. The first-order chi connectivity index (χ1) is 13.4. The molecular weight excluding hydrogens is 372 g/mol. The highest BCUT2D eigenvalue weighted by Crippen LogP contribution is 2.25. The fourth-order valence-corrected chi connectivity index (χ4v) is 3.80. The third-order valence-corrected chi connectivity index (χ3v) is 5.46. The number of rotatable bonds is 8. The van der Waals surface area contributed by atoms with Gasteiger partial charge in [0, 0.05) is 45.0 Å². The first kappa shape index (κ1) is 20.3. The van der Waals surface area contributed by atoms with Gasteiger partial charge in [0.1, 0.15) is 16.5 Å². The molecule has 3 heterocycles. The van der Waals surface area contributed by atoms with E-state index in [9.17, 15) is 4.79 Å². The van der Waals surface area contributed by atoms with Crippen LogP contribution in [0, 0.1) is 0 Å². The SMILES string of the molecule is CCc1nc2ccc(C(=O)N(C)CCN(C)C)cn2c1N(C)Cc1nccs1. The molecule has 8 heteroatoms. The lowest BCUT2D eigenvalue weighted by molar-refractivity contribution is 0.0786. The van der Waals surface area contributed by atoms with Crippen LogP contribution in [0.5, 0.6) is 0 Å². The molecule has 0 N–H and O–H groups in total. The Morgan fingerprint density at radius 3 is 2.61 bits per heavy atom. The maximum absolute atomic E-state index is 12.9. The molecule has 0 aliphatic rings. The topological polar surface area (TPSA) is 57.0 Å². The molecule has 0 fully saturated rings. The van der Waals surface area contributed by atoms with Gasteiger partial charge in [0.25, 0.3) is 5.91 Å². The van der Waals surface area contributed by atoms with Gasteiger partial charge in [-0.15, -0.1) is 11.3 Å². The zero-order valence-electron chi connectivity index (χ0n) is 17.2. The molecular formula is C20H28N6OS. The van der Waals surface area contributed by atoms with Gasteiger partial charge >= 0.3 is 0 Å². The van der Waals surface area contributed by atoms with Crippen molar-refractivity contribution >= 4 is 28.7 Å². The van der Waals surface area contributed by atoms with Gasteiger partial charge in [-0.1, -0.05) is 6.92 Å². The van der Waals surface area contributed by atoms with Crippen molar-refractivity contribution in [1.29, 1.82) is 0 Å². The smallest absolute Gasteiger partial charge is 0.255 e. The molecule has 0 atom stereocenters. The molecule has 7 nitrogen and oxygen atoms in total. The standard InChI is InChI=1S/C20H28N6OS/c1-6-16-19(25(5)14-18-21-9-12-28-18)26-13-15(7-8-17(26)22-16)20(27)24(4)11-10-23(2)3/h7-9,12-13H,6,10-11,14H2,1-5H3. The summed E-state index contributed by atoms with van der Waals surface area (Å²) in [5.74, 6) is 1.03. The molecule has 0 aliphatic heterocycles. The molecule has 28 heavy (non-hydrogen) atoms. The van der Waals surface area contributed by atoms with Crippen molar-refractivity contribution in [2.24, 2.45) is 0 Å². The summed E-state index contributed by atoms with van der Waals surface area (Å²) in [4.78, 5) is 28.0. The second-order valence-corrected chi connectivity index (χ2v) is 8.17. The normalized spacial score (nSPS) is 11.4. The summed E-state index contributed by atoms with van der Waals surface area (Å²) in [5, 5.41) is 3.04. The summed E-state index contributed by atoms with van der Waals surface area (Å²) in [6.45, 7) is 4.32. The summed E-state index contributed by atoms with van der Waals surface area (Å²) in [6, 6.07) is 3.79. The molecule has 0 saturated heterocycles. The van der Waals surface area contributed by atoms with Crippen LogP contribution in [0.1, 0.15) is 28.0 Å². The van der Waals surface area contributed by atoms with E-state index in [0.29, 0.717) is 18.7 Å². The lowest BCUT2D eigenvalue weighted by Crippen LogP contribution is -2.33. The monoisotopic (exact) mass is 400 g/mol. The quantitative estimate of drug-likeness (QED) is 0.582. The van der Waals surface area contributed by atoms with Crippen molar-refractivity contribution in [2.45, 2.75) is 19.9 Å². The predicted molar refractivity (Wildman–Crippen MR) is 114 cm³/mol. The number of carbonyl (C=O) groups is 1. The maximum Gasteiger partial charge on any atom is 0.255 e. The molecule has 150 valence electrons. The largest absolute Gasteiger partial charge is 0.352 e. The molecule has 0 unspecified atom stereocenters. The van der Waals surface area contributed by atoms with Gasteiger partial charge in [0.15, 0.2) is 0 Å². The van der Waals surface area contributed by atoms with Gasteiger partial charge in [0.05, 0.1) is 17.8 Å². The number of hydrogen-bond acceptors (Lipinski definition) is 6. The van der Waals surface area contributed by atoms with Crippen LogP contribution in [0.15, 0.2) is 29.9 Å². The van der Waals surface area contributed by atoms with Crippen LogP contribution in [-0.2, 0) is 13.0 Å². The van der Waals surface area contributed by atoms with Gasteiger partial charge in [-0.25, -0.2) is 9.97 Å². The molecule has 1 amide bonds. The molecule has 0 saturated carbocycles. The first-order valence-corrected chi connectivity index (χ1v) is 10.3. The summed E-state index contributed by atoms with van der Waals surface area (Å²) >= 11 is 1.64. The highest BCUT2D eigenvalue weighted by molar-refractivity contribution is 7.09. The van der Waals surface area contributed by atoms with Gasteiger partial charge in [-0.2, -0.15) is 0 Å². The van der Waals surface area contributed by atoms with Crippen LogP contribution >= 0.6 is 11.3 Å². The van der Waals surface area contributed by atoms with E-state index in [1.807, 2.05) is 62.5 Å². The van der Waals surface area contributed by atoms with E-state index in [0.717, 1.165) is 35.1 Å². The molecule has 0 aliphatic carbocycles. The van der Waals surface area contributed by atoms with Gasteiger partial charge in [0.2, 0.25) is 0 Å². The number of amides is 1. The highest BCUT2D eigenvalue weighted by atomic mass is 32.1. The molecule has 3 rings (SSSR count). The summed E-state index contributed by atoms with van der Waals surface area (Å²) in [7, 11) is 7.90. The zero-order valence-corrected chi connectivity index (χ0v) is 18.0. The van der Waals surface area contributed by atoms with Crippen molar-refractivity contribution in [3.8, 4) is 0 Å². The van der Waals surface area contributed by atoms with Gasteiger partial charge < -0.3 is 14.7 Å². The maximum atomic E-state index is 12.9. The molecule has 0 spiro atoms. The second kappa shape index (κ2) is 8.70. The summed E-state index contributed by atoms with van der Waals surface area (Å²) in [6.07, 6.45) is 4.55. The van der Waals surface area contributed by atoms with Crippen LogP contribution < -0.4 is 4.90 Å². The number of carbonyl (C=O) groups excluding carboxylic acids is 1. The van der Waals surface area contributed by atoms with Crippen molar-refractivity contribution in [2.75, 3.05) is 46.2 Å². The Labute approximate surface area is 170 Å². The number of imidazole rings is 1. The number of likely N-dealkylation sites (N-methyl/N-ethyl adjacent to an activating group) is 2. The fourth-order valence-electron chi connectivity index (χ4n) is 3.13. The first-order valence-electron chi connectivity index (χ1n) is 9.41. The Kier molecular flexibility index (Phi) is 6.31. The average molecular weight is 401 g/mol. The van der Waals surface area contributed by atoms with Crippen LogP contribution in [0.25, 0.3) is 5.65 Å². The fraction of sp³-hybridized carbons (Fsp3) is 0.450. The minimum Gasteiger partial charge on any atom is -0.352 e. The minimum absolute atomic E-state index is 0.0176. The van der Waals surface area contributed by atoms with Crippen LogP contribution in [-0.4, -0.2) is 71.4 Å². The van der Waals surface area contributed by atoms with Crippen LogP contribution in [0.4, 0.5) is 5.82 Å². The third-order valence-electron chi connectivity index (χ3n) is 4.69. The lowest BCUT2D eigenvalue weighted by Gasteiger charge is -2.21. The van der Waals surface area contributed by atoms with Crippen molar-refractivity contribution in [3.63, 3.8) is 0 Å². The van der Waals surface area contributed by atoms with Gasteiger partial charge in [-0.3, -0.25) is 9.20 Å². The summed E-state index contributed by atoms with van der Waals surface area (Å²) < 4.78 is 2.03. The van der Waals surface area contributed by atoms with Crippen molar-refractivity contribution in [3.05, 3.63) is 46.2 Å². The number of pyridine rings is 1. The minimum atomic E-state index is 0.0176. The van der Waals surface area contributed by atoms with Gasteiger partial charge in [-0.05, 0) is 32.6 Å². The van der Waals surface area contributed by atoms with E-state index in [1.54, 1.807) is 16.2 Å². The number of aromatic nitrogens is 3. The molecule has 0 bridgehead atoms. The van der Waals surface area contributed by atoms with E-state index in [-0.39, 0.29) is 5.91 Å².